The maximum absolute atomic E-state index is 5.51. The van der Waals surface area contributed by atoms with Crippen molar-refractivity contribution in [1.82, 2.24) is 20.6 Å². The van der Waals surface area contributed by atoms with E-state index < -0.39 is 0 Å². The number of tetrazole rings is 1. The summed E-state index contributed by atoms with van der Waals surface area (Å²) in [5.74, 6) is 1.53. The molecule has 0 radical (unpaired) electrons. The summed E-state index contributed by atoms with van der Waals surface area (Å²) < 4.78 is 5.51. The Morgan fingerprint density at radius 1 is 1.27 bits per heavy atom. The lowest BCUT2D eigenvalue weighted by molar-refractivity contribution is 0.319. The van der Waals surface area contributed by atoms with Crippen LogP contribution < -0.4 is 4.74 Å². The van der Waals surface area contributed by atoms with Crippen LogP contribution in [0.2, 0.25) is 0 Å². The van der Waals surface area contributed by atoms with Crippen molar-refractivity contribution >= 4 is 0 Å². The van der Waals surface area contributed by atoms with Gasteiger partial charge in [0.05, 0.1) is 6.61 Å². The molecule has 2 rings (SSSR count). The van der Waals surface area contributed by atoms with Gasteiger partial charge < -0.3 is 4.74 Å². The predicted molar refractivity (Wildman–Crippen MR) is 54.6 cm³/mol. The average Bonchev–Trinajstić information content (AvgIpc) is 2.74. The first kappa shape index (κ1) is 9.64. The van der Waals surface area contributed by atoms with Crippen molar-refractivity contribution in [3.8, 4) is 5.75 Å². The predicted octanol–water partition coefficient (Wildman–Crippen LogP) is 1.13. The van der Waals surface area contributed by atoms with Crippen molar-refractivity contribution in [2.75, 3.05) is 6.61 Å². The van der Waals surface area contributed by atoms with E-state index in [1.165, 1.54) is 5.56 Å². The van der Waals surface area contributed by atoms with Crippen LogP contribution in [0.1, 0.15) is 11.4 Å². The molecule has 1 N–H and O–H groups in total. The number of nitrogens with zero attached hydrogens (tertiary/aromatic N) is 3. The number of rotatable bonds is 4. The fourth-order valence-corrected chi connectivity index (χ4v) is 1.18. The SMILES string of the molecule is Cc1ccc(OCCc2nn[nH]n2)cc1. The number of benzene rings is 1. The van der Waals surface area contributed by atoms with Gasteiger partial charge in [0.2, 0.25) is 0 Å². The van der Waals surface area contributed by atoms with Gasteiger partial charge in [0.1, 0.15) is 5.75 Å². The van der Waals surface area contributed by atoms with Crippen LogP contribution >= 0.6 is 0 Å². The van der Waals surface area contributed by atoms with Gasteiger partial charge in [-0.15, -0.1) is 10.2 Å². The molecule has 0 aliphatic heterocycles. The van der Waals surface area contributed by atoms with Crippen LogP contribution in [0, 0.1) is 6.92 Å². The first-order valence-electron chi connectivity index (χ1n) is 4.76. The molecule has 1 aromatic carbocycles. The van der Waals surface area contributed by atoms with Crippen molar-refractivity contribution in [1.29, 1.82) is 0 Å². The Morgan fingerprint density at radius 2 is 2.07 bits per heavy atom. The third-order valence-corrected chi connectivity index (χ3v) is 2.00. The first-order valence-corrected chi connectivity index (χ1v) is 4.76. The third kappa shape index (κ3) is 2.77. The molecule has 1 aromatic heterocycles. The summed E-state index contributed by atoms with van der Waals surface area (Å²) in [5.41, 5.74) is 1.22. The largest absolute Gasteiger partial charge is 0.493 e. The van der Waals surface area contributed by atoms with Gasteiger partial charge in [-0.05, 0) is 19.1 Å². The van der Waals surface area contributed by atoms with E-state index >= 15 is 0 Å². The summed E-state index contributed by atoms with van der Waals surface area (Å²) in [5, 5.41) is 13.5. The number of aromatic nitrogens is 4. The molecule has 5 nitrogen and oxygen atoms in total. The van der Waals surface area contributed by atoms with Gasteiger partial charge in [-0.25, -0.2) is 0 Å². The molecule has 0 saturated heterocycles. The third-order valence-electron chi connectivity index (χ3n) is 2.00. The normalized spacial score (nSPS) is 10.2. The van der Waals surface area contributed by atoms with Crippen LogP contribution in [-0.2, 0) is 6.42 Å². The van der Waals surface area contributed by atoms with E-state index in [9.17, 15) is 0 Å². The van der Waals surface area contributed by atoms with E-state index in [1.807, 2.05) is 31.2 Å². The zero-order chi connectivity index (χ0) is 10.5. The summed E-state index contributed by atoms with van der Waals surface area (Å²) in [6, 6.07) is 7.94. The number of aryl methyl sites for hydroxylation is 1. The lowest BCUT2D eigenvalue weighted by Crippen LogP contribution is -2.02. The topological polar surface area (TPSA) is 63.7 Å². The Bertz CT molecular complexity index is 396. The van der Waals surface area contributed by atoms with E-state index in [0.717, 1.165) is 5.75 Å². The van der Waals surface area contributed by atoms with Gasteiger partial charge in [-0.2, -0.15) is 5.21 Å². The molecule has 0 aliphatic rings. The second kappa shape index (κ2) is 4.54. The van der Waals surface area contributed by atoms with Gasteiger partial charge in [0.25, 0.3) is 0 Å². The number of hydrogen-bond donors (Lipinski definition) is 1. The van der Waals surface area contributed by atoms with Crippen molar-refractivity contribution in [2.24, 2.45) is 0 Å². The molecular formula is C10H12N4O. The minimum absolute atomic E-state index is 0.558. The fourth-order valence-electron chi connectivity index (χ4n) is 1.18. The molecule has 0 aliphatic carbocycles. The minimum atomic E-state index is 0.558. The van der Waals surface area contributed by atoms with E-state index in [4.69, 9.17) is 4.74 Å². The Labute approximate surface area is 87.5 Å². The summed E-state index contributed by atoms with van der Waals surface area (Å²) in [4.78, 5) is 0. The van der Waals surface area contributed by atoms with E-state index in [1.54, 1.807) is 0 Å². The van der Waals surface area contributed by atoms with Gasteiger partial charge in [0.15, 0.2) is 5.82 Å². The quantitative estimate of drug-likeness (QED) is 0.810. The number of ether oxygens (including phenoxy) is 1. The Balaban J connectivity index is 1.81. The minimum Gasteiger partial charge on any atom is -0.493 e. The molecule has 1 heterocycles. The lowest BCUT2D eigenvalue weighted by Gasteiger charge is -2.04. The summed E-state index contributed by atoms with van der Waals surface area (Å²) in [7, 11) is 0. The highest BCUT2D eigenvalue weighted by atomic mass is 16.5. The monoisotopic (exact) mass is 204 g/mol. The standard InChI is InChI=1S/C10H12N4O/c1-8-2-4-9(5-3-8)15-7-6-10-11-13-14-12-10/h2-5H,6-7H2,1H3,(H,11,12,13,14). The van der Waals surface area contributed by atoms with Gasteiger partial charge in [0, 0.05) is 6.42 Å². The second-order valence-corrected chi connectivity index (χ2v) is 3.24. The molecule has 0 amide bonds. The van der Waals surface area contributed by atoms with Gasteiger partial charge >= 0.3 is 0 Å². The molecule has 0 saturated carbocycles. The molecule has 0 atom stereocenters. The highest BCUT2D eigenvalue weighted by Gasteiger charge is 1.98. The molecule has 78 valence electrons. The molecule has 2 aromatic rings. The molecule has 0 unspecified atom stereocenters. The summed E-state index contributed by atoms with van der Waals surface area (Å²) in [6.07, 6.45) is 0.657. The molecule has 0 bridgehead atoms. The number of nitrogens with one attached hydrogen (secondary N) is 1. The number of aromatic amines is 1. The van der Waals surface area contributed by atoms with Crippen LogP contribution in [0.25, 0.3) is 0 Å². The van der Waals surface area contributed by atoms with Crippen LogP contribution in [0.5, 0.6) is 5.75 Å². The van der Waals surface area contributed by atoms with Gasteiger partial charge in [-0.3, -0.25) is 0 Å². The van der Waals surface area contributed by atoms with E-state index in [2.05, 4.69) is 20.6 Å². The summed E-state index contributed by atoms with van der Waals surface area (Å²) in [6.45, 7) is 2.60. The van der Waals surface area contributed by atoms with Crippen LogP contribution in [0.4, 0.5) is 0 Å². The van der Waals surface area contributed by atoms with Gasteiger partial charge in [-0.1, -0.05) is 22.9 Å². The van der Waals surface area contributed by atoms with Crippen LogP contribution in [0.15, 0.2) is 24.3 Å². The fraction of sp³-hybridized carbons (Fsp3) is 0.300. The van der Waals surface area contributed by atoms with Crippen LogP contribution in [-0.4, -0.2) is 27.2 Å². The number of H-pyrrole nitrogens is 1. The zero-order valence-corrected chi connectivity index (χ0v) is 8.47. The average molecular weight is 204 g/mol. The maximum atomic E-state index is 5.51. The van der Waals surface area contributed by atoms with Crippen LogP contribution in [0.3, 0.4) is 0 Å². The Kier molecular flexibility index (Phi) is 2.92. The molecule has 15 heavy (non-hydrogen) atoms. The zero-order valence-electron chi connectivity index (χ0n) is 8.47. The van der Waals surface area contributed by atoms with Crippen molar-refractivity contribution in [3.63, 3.8) is 0 Å². The van der Waals surface area contributed by atoms with Crippen molar-refractivity contribution < 1.29 is 4.74 Å². The smallest absolute Gasteiger partial charge is 0.177 e. The Morgan fingerprint density at radius 3 is 2.73 bits per heavy atom. The van der Waals surface area contributed by atoms with E-state index in [-0.39, 0.29) is 0 Å². The van der Waals surface area contributed by atoms with Crippen molar-refractivity contribution in [2.45, 2.75) is 13.3 Å². The molecule has 5 heteroatoms. The highest BCUT2D eigenvalue weighted by Crippen LogP contribution is 2.11. The summed E-state index contributed by atoms with van der Waals surface area (Å²) >= 11 is 0. The number of hydrogen-bond acceptors (Lipinski definition) is 4. The molecular weight excluding hydrogens is 192 g/mol. The first-order chi connectivity index (χ1) is 7.34. The second-order valence-electron chi connectivity index (χ2n) is 3.24. The molecule has 0 fully saturated rings. The molecule has 0 spiro atoms. The maximum Gasteiger partial charge on any atom is 0.177 e. The lowest BCUT2D eigenvalue weighted by atomic mass is 10.2. The highest BCUT2D eigenvalue weighted by molar-refractivity contribution is 5.26. The Hall–Kier alpha value is -1.91. The van der Waals surface area contributed by atoms with Crippen molar-refractivity contribution in [3.05, 3.63) is 35.7 Å². The van der Waals surface area contributed by atoms with E-state index in [0.29, 0.717) is 18.9 Å².